The summed E-state index contributed by atoms with van der Waals surface area (Å²) in [6.45, 7) is 10.2. The molecule has 1 fully saturated rings. The average Bonchev–Trinajstić information content (AvgIpc) is 2.38. The second-order valence-electron chi connectivity index (χ2n) is 5.62. The van der Waals surface area contributed by atoms with Crippen LogP contribution in [-0.2, 0) is 14.3 Å². The quantitative estimate of drug-likeness (QED) is 0.802. The van der Waals surface area contributed by atoms with E-state index in [0.717, 1.165) is 25.9 Å². The first-order valence-electron chi connectivity index (χ1n) is 7.03. The van der Waals surface area contributed by atoms with Gasteiger partial charge in [-0.15, -0.1) is 0 Å². The summed E-state index contributed by atoms with van der Waals surface area (Å²) in [6, 6.07) is 0.347. The van der Waals surface area contributed by atoms with Crippen LogP contribution in [0.2, 0.25) is 0 Å². The van der Waals surface area contributed by atoms with Crippen LogP contribution in [0.15, 0.2) is 0 Å². The van der Waals surface area contributed by atoms with E-state index >= 15 is 0 Å². The molecular weight excluding hydrogens is 260 g/mol. The molecule has 0 aromatic rings. The summed E-state index contributed by atoms with van der Waals surface area (Å²) in [5, 5.41) is 3.26. The molecule has 1 amide bonds. The fraction of sp³-hybridized carbons (Fsp3) is 0.857. The van der Waals surface area contributed by atoms with Gasteiger partial charge in [0.15, 0.2) is 0 Å². The Morgan fingerprint density at radius 1 is 1.35 bits per heavy atom. The summed E-state index contributed by atoms with van der Waals surface area (Å²) in [5.41, 5.74) is -0.318. The van der Waals surface area contributed by atoms with Crippen LogP contribution in [0.25, 0.3) is 0 Å². The molecule has 20 heavy (non-hydrogen) atoms. The van der Waals surface area contributed by atoms with Crippen molar-refractivity contribution in [3.8, 4) is 0 Å². The Bertz CT molecular complexity index is 283. The molecule has 0 aliphatic carbocycles. The van der Waals surface area contributed by atoms with Gasteiger partial charge in [-0.3, -0.25) is 4.79 Å². The molecule has 0 bridgehead atoms. The zero-order valence-electron chi connectivity index (χ0n) is 13.3. The molecule has 0 aromatic heterocycles. The standard InChI is InChI=1S/C9H18N2O2.C5H10O2/c1-3-13-9(12)11(2)8-4-6-10-7-5-8;1-5(2,3)7-4-6/h8,10H,3-7H2,1-2H3;4H,1-3H3. The van der Waals surface area contributed by atoms with Gasteiger partial charge in [0.2, 0.25) is 0 Å². The van der Waals surface area contributed by atoms with Crippen LogP contribution in [0, 0.1) is 0 Å². The zero-order valence-corrected chi connectivity index (χ0v) is 13.3. The zero-order chi connectivity index (χ0) is 15.6. The van der Waals surface area contributed by atoms with E-state index in [1.54, 1.807) is 4.90 Å². The fourth-order valence-electron chi connectivity index (χ4n) is 1.71. The molecule has 1 heterocycles. The Kier molecular flexibility index (Phi) is 8.96. The van der Waals surface area contributed by atoms with Gasteiger partial charge in [-0.05, 0) is 53.6 Å². The minimum atomic E-state index is -0.318. The number of hydrogen-bond acceptors (Lipinski definition) is 5. The lowest BCUT2D eigenvalue weighted by Gasteiger charge is -2.30. The summed E-state index contributed by atoms with van der Waals surface area (Å²) in [7, 11) is 1.81. The second-order valence-corrected chi connectivity index (χ2v) is 5.62. The van der Waals surface area contributed by atoms with Crippen molar-refractivity contribution in [2.45, 2.75) is 52.2 Å². The lowest BCUT2D eigenvalue weighted by molar-refractivity contribution is -0.138. The van der Waals surface area contributed by atoms with Crippen molar-refractivity contribution < 1.29 is 19.1 Å². The molecule has 1 saturated heterocycles. The van der Waals surface area contributed by atoms with Crippen molar-refractivity contribution in [1.82, 2.24) is 10.2 Å². The van der Waals surface area contributed by atoms with Crippen molar-refractivity contribution in [1.29, 1.82) is 0 Å². The minimum absolute atomic E-state index is 0.200. The molecular formula is C14H28N2O4. The van der Waals surface area contributed by atoms with Crippen LogP contribution in [-0.4, -0.2) is 55.9 Å². The molecule has 0 radical (unpaired) electrons. The van der Waals surface area contributed by atoms with Gasteiger partial charge in [0, 0.05) is 13.1 Å². The Balaban J connectivity index is 0.000000441. The molecule has 0 spiro atoms. The van der Waals surface area contributed by atoms with Gasteiger partial charge < -0.3 is 19.7 Å². The van der Waals surface area contributed by atoms with E-state index < -0.39 is 0 Å². The van der Waals surface area contributed by atoms with Gasteiger partial charge in [-0.25, -0.2) is 4.79 Å². The highest BCUT2D eigenvalue weighted by atomic mass is 16.6. The SMILES string of the molecule is CC(C)(C)OC=O.CCOC(=O)N(C)C1CCNCC1. The van der Waals surface area contributed by atoms with Crippen LogP contribution in [0.5, 0.6) is 0 Å². The van der Waals surface area contributed by atoms with E-state index in [0.29, 0.717) is 19.1 Å². The summed E-state index contributed by atoms with van der Waals surface area (Å²) in [5.74, 6) is 0. The van der Waals surface area contributed by atoms with Crippen LogP contribution in [0.3, 0.4) is 0 Å². The molecule has 0 unspecified atom stereocenters. The van der Waals surface area contributed by atoms with Gasteiger partial charge in [-0.1, -0.05) is 0 Å². The summed E-state index contributed by atoms with van der Waals surface area (Å²) in [6.07, 6.45) is 1.85. The molecule has 118 valence electrons. The number of carbonyl (C=O) groups is 2. The van der Waals surface area contributed by atoms with Crippen molar-refractivity contribution in [3.63, 3.8) is 0 Å². The van der Waals surface area contributed by atoms with Gasteiger partial charge in [0.05, 0.1) is 6.61 Å². The fourth-order valence-corrected chi connectivity index (χ4v) is 1.71. The largest absolute Gasteiger partial charge is 0.462 e. The number of amides is 1. The molecule has 1 aliphatic rings. The van der Waals surface area contributed by atoms with E-state index in [4.69, 9.17) is 4.74 Å². The monoisotopic (exact) mass is 288 g/mol. The van der Waals surface area contributed by atoms with Gasteiger partial charge >= 0.3 is 6.09 Å². The highest BCUT2D eigenvalue weighted by Gasteiger charge is 2.22. The van der Waals surface area contributed by atoms with Crippen LogP contribution in [0.4, 0.5) is 4.79 Å². The normalized spacial score (nSPS) is 15.7. The number of nitrogens with zero attached hydrogens (tertiary/aromatic N) is 1. The van der Waals surface area contributed by atoms with Crippen LogP contribution < -0.4 is 5.32 Å². The van der Waals surface area contributed by atoms with Crippen molar-refractivity contribution in [3.05, 3.63) is 0 Å². The van der Waals surface area contributed by atoms with Crippen LogP contribution in [0.1, 0.15) is 40.5 Å². The van der Waals surface area contributed by atoms with E-state index in [-0.39, 0.29) is 11.7 Å². The first-order chi connectivity index (χ1) is 9.31. The van der Waals surface area contributed by atoms with E-state index in [1.165, 1.54) is 0 Å². The minimum Gasteiger partial charge on any atom is -0.462 e. The van der Waals surface area contributed by atoms with Gasteiger partial charge in [0.25, 0.3) is 6.47 Å². The predicted octanol–water partition coefficient (Wildman–Crippen LogP) is 1.78. The molecule has 6 nitrogen and oxygen atoms in total. The van der Waals surface area contributed by atoms with E-state index in [2.05, 4.69) is 10.1 Å². The van der Waals surface area contributed by atoms with Gasteiger partial charge in [0.1, 0.15) is 5.60 Å². The Morgan fingerprint density at radius 2 is 1.90 bits per heavy atom. The summed E-state index contributed by atoms with van der Waals surface area (Å²) >= 11 is 0. The number of hydrogen-bond donors (Lipinski definition) is 1. The Labute approximate surface area is 121 Å². The number of carbonyl (C=O) groups excluding carboxylic acids is 2. The van der Waals surface area contributed by atoms with Crippen molar-refractivity contribution in [2.24, 2.45) is 0 Å². The lowest BCUT2D eigenvalue weighted by atomic mass is 10.1. The number of piperidine rings is 1. The summed E-state index contributed by atoms with van der Waals surface area (Å²) in [4.78, 5) is 22.6. The lowest BCUT2D eigenvalue weighted by Crippen LogP contribution is -2.44. The molecule has 1 N–H and O–H groups in total. The maximum atomic E-state index is 11.3. The maximum absolute atomic E-state index is 11.3. The third kappa shape index (κ3) is 8.74. The third-order valence-corrected chi connectivity index (χ3v) is 2.81. The number of rotatable bonds is 3. The van der Waals surface area contributed by atoms with E-state index in [9.17, 15) is 9.59 Å². The predicted molar refractivity (Wildman–Crippen MR) is 77.6 cm³/mol. The Hall–Kier alpha value is -1.30. The van der Waals surface area contributed by atoms with E-state index in [1.807, 2.05) is 34.7 Å². The first kappa shape index (κ1) is 18.7. The van der Waals surface area contributed by atoms with Gasteiger partial charge in [-0.2, -0.15) is 0 Å². The van der Waals surface area contributed by atoms with Crippen molar-refractivity contribution in [2.75, 3.05) is 26.7 Å². The van der Waals surface area contributed by atoms with Crippen molar-refractivity contribution >= 4 is 12.6 Å². The third-order valence-electron chi connectivity index (χ3n) is 2.81. The Morgan fingerprint density at radius 3 is 2.25 bits per heavy atom. The first-order valence-corrected chi connectivity index (χ1v) is 7.03. The molecule has 1 rings (SSSR count). The second kappa shape index (κ2) is 9.58. The van der Waals surface area contributed by atoms with Crippen LogP contribution >= 0.6 is 0 Å². The highest BCUT2D eigenvalue weighted by molar-refractivity contribution is 5.67. The molecule has 0 saturated carbocycles. The maximum Gasteiger partial charge on any atom is 0.409 e. The molecule has 6 heteroatoms. The number of nitrogens with one attached hydrogen (secondary N) is 1. The molecule has 0 aromatic carbocycles. The topological polar surface area (TPSA) is 67.9 Å². The average molecular weight is 288 g/mol. The highest BCUT2D eigenvalue weighted by Crippen LogP contribution is 2.10. The number of ether oxygens (including phenoxy) is 2. The molecule has 0 atom stereocenters. The summed E-state index contributed by atoms with van der Waals surface area (Å²) < 4.78 is 9.47. The molecule has 1 aliphatic heterocycles. The smallest absolute Gasteiger partial charge is 0.409 e.